The Balaban J connectivity index is 2.00. The highest BCUT2D eigenvalue weighted by molar-refractivity contribution is 5.93. The van der Waals surface area contributed by atoms with E-state index < -0.39 is 0 Å². The number of amides is 1. The van der Waals surface area contributed by atoms with E-state index in [1.807, 2.05) is 55.5 Å². The molecule has 2 N–H and O–H groups in total. The predicted octanol–water partition coefficient (Wildman–Crippen LogP) is 3.29. The maximum atomic E-state index is 12.2. The minimum Gasteiger partial charge on any atom is -0.325 e. The molecule has 1 amide bonds. The summed E-state index contributed by atoms with van der Waals surface area (Å²) in [5, 5.41) is 6.29. The molecule has 21 heavy (non-hydrogen) atoms. The lowest BCUT2D eigenvalue weighted by atomic mass is 10.1. The standard InChI is InChI=1S/C18H22N2O/c1-3-19-13-16-6-4-5-7-17(16)20-18(21)12-15-10-8-14(2)9-11-15/h4-11,19H,3,12-13H2,1-2H3,(H,20,21). The Morgan fingerprint density at radius 2 is 1.76 bits per heavy atom. The van der Waals surface area contributed by atoms with Gasteiger partial charge in [-0.1, -0.05) is 55.0 Å². The number of aryl methyl sites for hydroxylation is 1. The molecule has 110 valence electrons. The minimum atomic E-state index is 0.0165. The van der Waals surface area contributed by atoms with Gasteiger partial charge in [0.2, 0.25) is 5.91 Å². The van der Waals surface area contributed by atoms with E-state index in [9.17, 15) is 4.79 Å². The van der Waals surface area contributed by atoms with Crippen LogP contribution in [0.1, 0.15) is 23.6 Å². The van der Waals surface area contributed by atoms with Gasteiger partial charge in [-0.3, -0.25) is 4.79 Å². The topological polar surface area (TPSA) is 41.1 Å². The Hall–Kier alpha value is -2.13. The van der Waals surface area contributed by atoms with Gasteiger partial charge in [-0.25, -0.2) is 0 Å². The summed E-state index contributed by atoms with van der Waals surface area (Å²) in [6.07, 6.45) is 0.399. The summed E-state index contributed by atoms with van der Waals surface area (Å²) in [6, 6.07) is 16.0. The lowest BCUT2D eigenvalue weighted by molar-refractivity contribution is -0.115. The molecule has 0 spiro atoms. The second-order valence-corrected chi connectivity index (χ2v) is 5.15. The van der Waals surface area contributed by atoms with Crippen LogP contribution in [0.5, 0.6) is 0 Å². The molecule has 0 radical (unpaired) electrons. The van der Waals surface area contributed by atoms with Crippen LogP contribution in [0.3, 0.4) is 0 Å². The number of hydrogen-bond donors (Lipinski definition) is 2. The quantitative estimate of drug-likeness (QED) is 0.853. The molecule has 0 aliphatic heterocycles. The highest BCUT2D eigenvalue weighted by atomic mass is 16.1. The third kappa shape index (κ3) is 4.72. The maximum absolute atomic E-state index is 12.2. The molecule has 0 aliphatic carbocycles. The highest BCUT2D eigenvalue weighted by Crippen LogP contribution is 2.15. The summed E-state index contributed by atoms with van der Waals surface area (Å²) in [6.45, 7) is 5.78. The van der Waals surface area contributed by atoms with Gasteiger partial charge in [-0.15, -0.1) is 0 Å². The summed E-state index contributed by atoms with van der Waals surface area (Å²) in [7, 11) is 0. The van der Waals surface area contributed by atoms with E-state index >= 15 is 0 Å². The number of benzene rings is 2. The van der Waals surface area contributed by atoms with Crippen molar-refractivity contribution in [3.05, 3.63) is 65.2 Å². The SMILES string of the molecule is CCNCc1ccccc1NC(=O)Cc1ccc(C)cc1. The zero-order valence-electron chi connectivity index (χ0n) is 12.6. The average Bonchev–Trinajstić information content (AvgIpc) is 2.49. The van der Waals surface area contributed by atoms with Crippen molar-refractivity contribution in [2.75, 3.05) is 11.9 Å². The number of rotatable bonds is 6. The first kappa shape index (κ1) is 15.3. The molecule has 0 aromatic heterocycles. The smallest absolute Gasteiger partial charge is 0.228 e. The molecule has 0 fully saturated rings. The number of carbonyl (C=O) groups excluding carboxylic acids is 1. The van der Waals surface area contributed by atoms with Gasteiger partial charge in [-0.2, -0.15) is 0 Å². The summed E-state index contributed by atoms with van der Waals surface area (Å²) in [5.41, 5.74) is 4.23. The maximum Gasteiger partial charge on any atom is 0.228 e. The van der Waals surface area contributed by atoms with Gasteiger partial charge in [0.15, 0.2) is 0 Å². The average molecular weight is 282 g/mol. The van der Waals surface area contributed by atoms with Crippen LogP contribution in [-0.4, -0.2) is 12.5 Å². The van der Waals surface area contributed by atoms with Gasteiger partial charge in [0, 0.05) is 12.2 Å². The van der Waals surface area contributed by atoms with Crippen LogP contribution in [0.4, 0.5) is 5.69 Å². The van der Waals surface area contributed by atoms with Crippen LogP contribution in [0, 0.1) is 6.92 Å². The molecule has 0 unspecified atom stereocenters. The molecule has 0 atom stereocenters. The number of anilines is 1. The first-order chi connectivity index (χ1) is 10.2. The Labute approximate surface area is 126 Å². The van der Waals surface area contributed by atoms with E-state index in [0.717, 1.165) is 29.9 Å². The number of nitrogens with one attached hydrogen (secondary N) is 2. The summed E-state index contributed by atoms with van der Waals surface area (Å²) in [5.74, 6) is 0.0165. The molecule has 3 nitrogen and oxygen atoms in total. The van der Waals surface area contributed by atoms with Crippen LogP contribution in [0.2, 0.25) is 0 Å². The highest BCUT2D eigenvalue weighted by Gasteiger charge is 2.07. The number of para-hydroxylation sites is 1. The number of carbonyl (C=O) groups is 1. The van der Waals surface area contributed by atoms with Gasteiger partial charge in [0.05, 0.1) is 6.42 Å². The van der Waals surface area contributed by atoms with E-state index in [-0.39, 0.29) is 5.91 Å². The zero-order valence-corrected chi connectivity index (χ0v) is 12.6. The Bertz CT molecular complexity index is 590. The largest absolute Gasteiger partial charge is 0.325 e. The lowest BCUT2D eigenvalue weighted by Crippen LogP contribution is -2.18. The molecule has 0 saturated carbocycles. The van der Waals surface area contributed by atoms with E-state index in [1.165, 1.54) is 5.56 Å². The summed E-state index contributed by atoms with van der Waals surface area (Å²) in [4.78, 5) is 12.2. The minimum absolute atomic E-state index is 0.0165. The van der Waals surface area contributed by atoms with Crippen molar-refractivity contribution in [1.29, 1.82) is 0 Å². The van der Waals surface area contributed by atoms with Crippen molar-refractivity contribution in [3.63, 3.8) is 0 Å². The fourth-order valence-electron chi connectivity index (χ4n) is 2.14. The molecule has 2 rings (SSSR count). The third-order valence-electron chi connectivity index (χ3n) is 3.34. The Kier molecular flexibility index (Phi) is 5.52. The van der Waals surface area contributed by atoms with E-state index in [2.05, 4.69) is 17.6 Å². The number of hydrogen-bond acceptors (Lipinski definition) is 2. The van der Waals surface area contributed by atoms with Crippen LogP contribution < -0.4 is 10.6 Å². The molecule has 0 saturated heterocycles. The van der Waals surface area contributed by atoms with Crippen molar-refractivity contribution in [1.82, 2.24) is 5.32 Å². The van der Waals surface area contributed by atoms with E-state index in [1.54, 1.807) is 0 Å². The Morgan fingerprint density at radius 3 is 2.48 bits per heavy atom. The molecule has 2 aromatic carbocycles. The monoisotopic (exact) mass is 282 g/mol. The van der Waals surface area contributed by atoms with Gasteiger partial charge in [0.1, 0.15) is 0 Å². The van der Waals surface area contributed by atoms with Crippen LogP contribution in [-0.2, 0) is 17.8 Å². The van der Waals surface area contributed by atoms with Gasteiger partial charge in [0.25, 0.3) is 0 Å². The molecular formula is C18H22N2O. The van der Waals surface area contributed by atoms with Gasteiger partial charge in [-0.05, 0) is 30.7 Å². The first-order valence-corrected chi connectivity index (χ1v) is 7.33. The van der Waals surface area contributed by atoms with E-state index in [0.29, 0.717) is 6.42 Å². The van der Waals surface area contributed by atoms with Gasteiger partial charge >= 0.3 is 0 Å². The van der Waals surface area contributed by atoms with Crippen molar-refractivity contribution in [2.45, 2.75) is 26.8 Å². The summed E-state index contributed by atoms with van der Waals surface area (Å²) < 4.78 is 0. The Morgan fingerprint density at radius 1 is 1.05 bits per heavy atom. The molecule has 0 aliphatic rings. The zero-order chi connectivity index (χ0) is 15.1. The van der Waals surface area contributed by atoms with Crippen LogP contribution >= 0.6 is 0 Å². The molecular weight excluding hydrogens is 260 g/mol. The fraction of sp³-hybridized carbons (Fsp3) is 0.278. The third-order valence-corrected chi connectivity index (χ3v) is 3.34. The fourth-order valence-corrected chi connectivity index (χ4v) is 2.14. The normalized spacial score (nSPS) is 10.4. The molecule has 0 heterocycles. The predicted molar refractivity (Wildman–Crippen MR) is 87.3 cm³/mol. The van der Waals surface area contributed by atoms with Crippen molar-refractivity contribution in [2.24, 2.45) is 0 Å². The molecule has 3 heteroatoms. The van der Waals surface area contributed by atoms with Crippen molar-refractivity contribution in [3.8, 4) is 0 Å². The second kappa shape index (κ2) is 7.60. The molecule has 0 bridgehead atoms. The lowest BCUT2D eigenvalue weighted by Gasteiger charge is -2.11. The summed E-state index contributed by atoms with van der Waals surface area (Å²) >= 11 is 0. The van der Waals surface area contributed by atoms with Crippen LogP contribution in [0.15, 0.2) is 48.5 Å². The van der Waals surface area contributed by atoms with Crippen LogP contribution in [0.25, 0.3) is 0 Å². The van der Waals surface area contributed by atoms with Crippen molar-refractivity contribution < 1.29 is 4.79 Å². The first-order valence-electron chi connectivity index (χ1n) is 7.33. The molecule has 2 aromatic rings. The van der Waals surface area contributed by atoms with E-state index in [4.69, 9.17) is 0 Å². The van der Waals surface area contributed by atoms with Gasteiger partial charge < -0.3 is 10.6 Å². The second-order valence-electron chi connectivity index (χ2n) is 5.15. The van der Waals surface area contributed by atoms with Crippen molar-refractivity contribution >= 4 is 11.6 Å².